The Morgan fingerprint density at radius 1 is 1.00 bits per heavy atom. The lowest BCUT2D eigenvalue weighted by molar-refractivity contribution is 0.112. The Morgan fingerprint density at radius 3 is 2.29 bits per heavy atom. The van der Waals surface area contributed by atoms with Crippen molar-refractivity contribution in [2.24, 2.45) is 0 Å². The molecule has 0 atom stereocenters. The molecule has 0 unspecified atom stereocenters. The van der Waals surface area contributed by atoms with Crippen LogP contribution in [-0.4, -0.2) is 16.3 Å². The first kappa shape index (κ1) is 11.1. The highest BCUT2D eigenvalue weighted by Crippen LogP contribution is 2.12. The van der Waals surface area contributed by atoms with Gasteiger partial charge >= 0.3 is 0 Å². The Morgan fingerprint density at radius 2 is 1.76 bits per heavy atom. The van der Waals surface area contributed by atoms with Crippen LogP contribution in [0.25, 0.3) is 10.9 Å². The van der Waals surface area contributed by atoms with Crippen molar-refractivity contribution in [3.05, 3.63) is 66.6 Å². The van der Waals surface area contributed by atoms with Crippen molar-refractivity contribution in [1.82, 2.24) is 9.97 Å². The van der Waals surface area contributed by atoms with Gasteiger partial charge in [0.05, 0.1) is 5.69 Å². The Balaban J connectivity index is 0.000000153. The zero-order valence-electron chi connectivity index (χ0n) is 9.21. The van der Waals surface area contributed by atoms with E-state index in [1.807, 2.05) is 48.5 Å². The lowest BCUT2D eigenvalue weighted by Gasteiger charge is -1.83. The van der Waals surface area contributed by atoms with E-state index in [1.54, 1.807) is 12.4 Å². The van der Waals surface area contributed by atoms with Crippen LogP contribution in [0, 0.1) is 0 Å². The number of pyridine rings is 1. The van der Waals surface area contributed by atoms with Gasteiger partial charge in [0.1, 0.15) is 0 Å². The number of nitrogens with one attached hydrogen (secondary N) is 1. The number of aromatic nitrogens is 2. The number of benzene rings is 1. The molecule has 0 amide bonds. The molecule has 3 nitrogen and oxygen atoms in total. The Kier molecular flexibility index (Phi) is 3.65. The van der Waals surface area contributed by atoms with Gasteiger partial charge < -0.3 is 4.98 Å². The van der Waals surface area contributed by atoms with Crippen LogP contribution >= 0.6 is 0 Å². The third-order valence-electron chi connectivity index (χ3n) is 2.24. The first-order valence-electron chi connectivity index (χ1n) is 5.28. The first-order chi connectivity index (χ1) is 8.40. The summed E-state index contributed by atoms with van der Waals surface area (Å²) in [4.78, 5) is 17.1. The number of rotatable bonds is 1. The van der Waals surface area contributed by atoms with Crippen LogP contribution < -0.4 is 0 Å². The number of fused-ring (bicyclic) bond motifs is 1. The molecule has 0 aliphatic heterocycles. The second-order valence-corrected chi connectivity index (χ2v) is 3.45. The summed E-state index contributed by atoms with van der Waals surface area (Å²) in [5.41, 5.74) is 1.64. The highest BCUT2D eigenvalue weighted by Gasteiger charge is 1.95. The molecule has 17 heavy (non-hydrogen) atoms. The number of hydrogen-bond acceptors (Lipinski definition) is 2. The lowest BCUT2D eigenvalue weighted by atomic mass is 10.2. The smallest absolute Gasteiger partial charge is 0.166 e. The SMILES string of the molecule is O=Cc1cc2ccccc2[nH]1.c1ccncc1. The summed E-state index contributed by atoms with van der Waals surface area (Å²) >= 11 is 0. The minimum atomic E-state index is 0.631. The van der Waals surface area contributed by atoms with Crippen molar-refractivity contribution in [3.63, 3.8) is 0 Å². The molecule has 2 aromatic heterocycles. The maximum absolute atomic E-state index is 10.3. The molecule has 3 aromatic rings. The summed E-state index contributed by atoms with van der Waals surface area (Å²) < 4.78 is 0. The van der Waals surface area contributed by atoms with Crippen LogP contribution in [0.3, 0.4) is 0 Å². The highest BCUT2D eigenvalue weighted by atomic mass is 16.1. The molecule has 1 N–H and O–H groups in total. The van der Waals surface area contributed by atoms with Gasteiger partial charge in [-0.05, 0) is 24.3 Å². The molecule has 0 radical (unpaired) electrons. The van der Waals surface area contributed by atoms with Gasteiger partial charge in [-0.3, -0.25) is 9.78 Å². The highest BCUT2D eigenvalue weighted by molar-refractivity contribution is 5.87. The van der Waals surface area contributed by atoms with Crippen molar-refractivity contribution in [2.45, 2.75) is 0 Å². The lowest BCUT2D eigenvalue weighted by Crippen LogP contribution is -1.73. The number of carbonyl (C=O) groups is 1. The number of nitrogens with zero attached hydrogens (tertiary/aromatic N) is 1. The van der Waals surface area contributed by atoms with E-state index in [2.05, 4.69) is 9.97 Å². The number of para-hydroxylation sites is 1. The van der Waals surface area contributed by atoms with E-state index in [4.69, 9.17) is 0 Å². The largest absolute Gasteiger partial charge is 0.352 e. The summed E-state index contributed by atoms with van der Waals surface area (Å²) in [7, 11) is 0. The van der Waals surface area contributed by atoms with Gasteiger partial charge in [0.25, 0.3) is 0 Å². The van der Waals surface area contributed by atoms with Crippen molar-refractivity contribution in [2.75, 3.05) is 0 Å². The summed E-state index contributed by atoms with van der Waals surface area (Å²) in [5.74, 6) is 0. The van der Waals surface area contributed by atoms with Crippen LogP contribution in [0.1, 0.15) is 10.5 Å². The van der Waals surface area contributed by atoms with E-state index in [-0.39, 0.29) is 0 Å². The first-order valence-corrected chi connectivity index (χ1v) is 5.28. The Bertz CT molecular complexity index is 528. The van der Waals surface area contributed by atoms with Crippen molar-refractivity contribution in [3.8, 4) is 0 Å². The number of aldehydes is 1. The molecule has 0 saturated carbocycles. The summed E-state index contributed by atoms with van der Waals surface area (Å²) in [6, 6.07) is 15.4. The van der Waals surface area contributed by atoms with Gasteiger partial charge in [-0.25, -0.2) is 0 Å². The maximum Gasteiger partial charge on any atom is 0.166 e. The molecule has 0 spiro atoms. The summed E-state index contributed by atoms with van der Waals surface area (Å²) in [6.07, 6.45) is 4.32. The Labute approximate surface area is 99.1 Å². The number of hydrogen-bond donors (Lipinski definition) is 1. The minimum absolute atomic E-state index is 0.631. The standard InChI is InChI=1S/C9H7NO.C5H5N/c11-6-8-5-7-3-1-2-4-9(7)10-8;1-2-4-6-5-3-1/h1-6,10H;1-5H. The van der Waals surface area contributed by atoms with Crippen LogP contribution in [0.15, 0.2) is 60.9 Å². The molecule has 3 heteroatoms. The van der Waals surface area contributed by atoms with Crippen molar-refractivity contribution < 1.29 is 4.79 Å². The monoisotopic (exact) mass is 224 g/mol. The predicted octanol–water partition coefficient (Wildman–Crippen LogP) is 3.06. The average molecular weight is 224 g/mol. The Hall–Kier alpha value is -2.42. The van der Waals surface area contributed by atoms with Crippen LogP contribution in [0.2, 0.25) is 0 Å². The van der Waals surface area contributed by atoms with Gasteiger partial charge in [0, 0.05) is 23.3 Å². The zero-order valence-corrected chi connectivity index (χ0v) is 9.21. The van der Waals surface area contributed by atoms with Gasteiger partial charge in [-0.15, -0.1) is 0 Å². The number of carbonyl (C=O) groups excluding carboxylic acids is 1. The van der Waals surface area contributed by atoms with E-state index < -0.39 is 0 Å². The third kappa shape index (κ3) is 3.01. The molecular formula is C14H12N2O. The van der Waals surface area contributed by atoms with Crippen LogP contribution in [0.5, 0.6) is 0 Å². The molecule has 0 saturated heterocycles. The molecule has 3 rings (SSSR count). The van der Waals surface area contributed by atoms with Crippen LogP contribution in [-0.2, 0) is 0 Å². The summed E-state index contributed by atoms with van der Waals surface area (Å²) in [5, 5.41) is 1.08. The van der Waals surface area contributed by atoms with E-state index in [9.17, 15) is 4.79 Å². The normalized spacial score (nSPS) is 9.41. The van der Waals surface area contributed by atoms with E-state index in [0.29, 0.717) is 5.69 Å². The maximum atomic E-state index is 10.3. The minimum Gasteiger partial charge on any atom is -0.352 e. The van der Waals surface area contributed by atoms with E-state index in [0.717, 1.165) is 17.2 Å². The zero-order chi connectivity index (χ0) is 11.9. The fourth-order valence-corrected chi connectivity index (χ4v) is 1.47. The average Bonchev–Trinajstić information content (AvgIpc) is 2.84. The molecule has 84 valence electrons. The van der Waals surface area contributed by atoms with E-state index in [1.165, 1.54) is 0 Å². The molecule has 0 fully saturated rings. The summed E-state index contributed by atoms with van der Waals surface area (Å²) in [6.45, 7) is 0. The third-order valence-corrected chi connectivity index (χ3v) is 2.24. The molecule has 2 heterocycles. The molecular weight excluding hydrogens is 212 g/mol. The van der Waals surface area contributed by atoms with Crippen molar-refractivity contribution >= 4 is 17.2 Å². The molecule has 0 bridgehead atoms. The molecule has 1 aromatic carbocycles. The van der Waals surface area contributed by atoms with Crippen LogP contribution in [0.4, 0.5) is 0 Å². The predicted molar refractivity (Wildman–Crippen MR) is 67.9 cm³/mol. The topological polar surface area (TPSA) is 45.8 Å². The number of H-pyrrole nitrogens is 1. The fourth-order valence-electron chi connectivity index (χ4n) is 1.47. The van der Waals surface area contributed by atoms with Gasteiger partial charge in [0.15, 0.2) is 6.29 Å². The van der Waals surface area contributed by atoms with Gasteiger partial charge in [-0.1, -0.05) is 24.3 Å². The second kappa shape index (κ2) is 5.61. The quantitative estimate of drug-likeness (QED) is 0.646. The molecule has 0 aliphatic carbocycles. The van der Waals surface area contributed by atoms with E-state index >= 15 is 0 Å². The second-order valence-electron chi connectivity index (χ2n) is 3.45. The van der Waals surface area contributed by atoms with Crippen molar-refractivity contribution in [1.29, 1.82) is 0 Å². The van der Waals surface area contributed by atoms with Gasteiger partial charge in [0.2, 0.25) is 0 Å². The number of aromatic amines is 1. The fraction of sp³-hybridized carbons (Fsp3) is 0. The van der Waals surface area contributed by atoms with Gasteiger partial charge in [-0.2, -0.15) is 0 Å². The molecule has 0 aliphatic rings.